The Bertz CT molecular complexity index is 416. The van der Waals surface area contributed by atoms with Crippen molar-refractivity contribution in [2.45, 2.75) is 0 Å². The van der Waals surface area contributed by atoms with E-state index in [2.05, 4.69) is 15.3 Å². The van der Waals surface area contributed by atoms with Crippen molar-refractivity contribution in [1.29, 1.82) is 0 Å². The zero-order valence-corrected chi connectivity index (χ0v) is 6.64. The van der Waals surface area contributed by atoms with Gasteiger partial charge in [-0.2, -0.15) is 10.2 Å². The Hall–Kier alpha value is -2.11. The summed E-state index contributed by atoms with van der Waals surface area (Å²) in [5.41, 5.74) is 5.27. The molecule has 0 aromatic carbocycles. The van der Waals surface area contributed by atoms with E-state index in [9.17, 15) is 4.79 Å². The minimum Gasteiger partial charge on any atom is -0.364 e. The number of nitrogens with one attached hydrogen (secondary N) is 1. The molecule has 66 valence electrons. The minimum atomic E-state index is -0.543. The van der Waals surface area contributed by atoms with Gasteiger partial charge < -0.3 is 5.73 Å². The molecule has 0 atom stereocenters. The van der Waals surface area contributed by atoms with Gasteiger partial charge >= 0.3 is 0 Å². The lowest BCUT2D eigenvalue weighted by Crippen LogP contribution is -2.12. The highest BCUT2D eigenvalue weighted by atomic mass is 16.1. The lowest BCUT2D eigenvalue weighted by atomic mass is 10.4. The maximum atomic E-state index is 10.7. The van der Waals surface area contributed by atoms with Crippen molar-refractivity contribution in [3.8, 4) is 5.82 Å². The number of hydrogen-bond acceptors (Lipinski definition) is 3. The first-order valence-electron chi connectivity index (χ1n) is 3.62. The highest BCUT2D eigenvalue weighted by molar-refractivity contribution is 5.90. The number of hydrogen-bond donors (Lipinski definition) is 2. The summed E-state index contributed by atoms with van der Waals surface area (Å²) < 4.78 is 1.49. The van der Waals surface area contributed by atoms with Gasteiger partial charge in [0.1, 0.15) is 11.5 Å². The van der Waals surface area contributed by atoms with E-state index in [-0.39, 0.29) is 5.69 Å². The summed E-state index contributed by atoms with van der Waals surface area (Å²) >= 11 is 0. The van der Waals surface area contributed by atoms with Crippen LogP contribution in [0.15, 0.2) is 24.5 Å². The predicted molar refractivity (Wildman–Crippen MR) is 44.2 cm³/mol. The summed E-state index contributed by atoms with van der Waals surface area (Å²) in [5, 5.41) is 10.4. The molecule has 0 aliphatic rings. The number of aromatic nitrogens is 4. The average Bonchev–Trinajstić information content (AvgIpc) is 2.75. The van der Waals surface area contributed by atoms with Crippen LogP contribution in [0, 0.1) is 0 Å². The SMILES string of the molecule is NC(=O)c1ccn(-c2ccn[nH]2)n1. The van der Waals surface area contributed by atoms with Crippen molar-refractivity contribution >= 4 is 5.91 Å². The molecule has 2 heterocycles. The largest absolute Gasteiger partial charge is 0.364 e. The first-order valence-corrected chi connectivity index (χ1v) is 3.62. The number of amides is 1. The van der Waals surface area contributed by atoms with Crippen molar-refractivity contribution in [2.24, 2.45) is 5.73 Å². The van der Waals surface area contributed by atoms with Gasteiger partial charge in [0, 0.05) is 12.3 Å². The maximum absolute atomic E-state index is 10.7. The van der Waals surface area contributed by atoms with E-state index in [1.165, 1.54) is 4.68 Å². The molecule has 6 nitrogen and oxygen atoms in total. The molecule has 0 aliphatic heterocycles. The van der Waals surface area contributed by atoms with E-state index in [4.69, 9.17) is 5.73 Å². The molecule has 0 spiro atoms. The number of nitrogens with two attached hydrogens (primary N) is 1. The molecular weight excluding hydrogens is 170 g/mol. The molecule has 2 aromatic rings. The van der Waals surface area contributed by atoms with E-state index in [0.29, 0.717) is 5.82 Å². The van der Waals surface area contributed by atoms with Crippen LogP contribution < -0.4 is 5.73 Å². The molecule has 2 aromatic heterocycles. The molecule has 3 N–H and O–H groups in total. The smallest absolute Gasteiger partial charge is 0.269 e. The van der Waals surface area contributed by atoms with Crippen LogP contribution in [0.25, 0.3) is 5.82 Å². The molecule has 1 amide bonds. The first-order chi connectivity index (χ1) is 6.27. The average molecular weight is 177 g/mol. The van der Waals surface area contributed by atoms with Gasteiger partial charge in [0.15, 0.2) is 0 Å². The molecule has 0 bridgehead atoms. The van der Waals surface area contributed by atoms with Crippen LogP contribution in [0.2, 0.25) is 0 Å². The van der Waals surface area contributed by atoms with Gasteiger partial charge in [0.25, 0.3) is 5.91 Å². The molecule has 2 rings (SSSR count). The van der Waals surface area contributed by atoms with Crippen LogP contribution in [-0.4, -0.2) is 25.9 Å². The van der Waals surface area contributed by atoms with Crippen molar-refractivity contribution < 1.29 is 4.79 Å². The Morgan fingerprint density at radius 2 is 2.38 bits per heavy atom. The standard InChI is InChI=1S/C7H7N5O/c8-7(13)5-2-4-12(11-5)6-1-3-9-10-6/h1-4H,(H2,8,13)(H,9,10). The van der Waals surface area contributed by atoms with Crippen molar-refractivity contribution in [3.63, 3.8) is 0 Å². The Labute approximate surface area is 73.4 Å². The third-order valence-electron chi connectivity index (χ3n) is 1.57. The third kappa shape index (κ3) is 1.28. The van der Waals surface area contributed by atoms with Crippen LogP contribution in [-0.2, 0) is 0 Å². The molecule has 0 unspecified atom stereocenters. The molecule has 0 fully saturated rings. The Kier molecular flexibility index (Phi) is 1.59. The van der Waals surface area contributed by atoms with Crippen molar-refractivity contribution in [3.05, 3.63) is 30.2 Å². The van der Waals surface area contributed by atoms with Gasteiger partial charge in [-0.15, -0.1) is 0 Å². The van der Waals surface area contributed by atoms with Crippen molar-refractivity contribution in [1.82, 2.24) is 20.0 Å². The van der Waals surface area contributed by atoms with Crippen LogP contribution in [0.3, 0.4) is 0 Å². The second-order valence-corrected chi connectivity index (χ2v) is 2.45. The monoisotopic (exact) mass is 177 g/mol. The zero-order chi connectivity index (χ0) is 9.26. The van der Waals surface area contributed by atoms with E-state index < -0.39 is 5.91 Å². The highest BCUT2D eigenvalue weighted by Crippen LogP contribution is 2.01. The topological polar surface area (TPSA) is 89.6 Å². The van der Waals surface area contributed by atoms with Gasteiger partial charge in [-0.1, -0.05) is 0 Å². The van der Waals surface area contributed by atoms with Gasteiger partial charge in [-0.3, -0.25) is 9.89 Å². The molecule has 0 aliphatic carbocycles. The molecular formula is C7H7N5O. The summed E-state index contributed by atoms with van der Waals surface area (Å²) in [7, 11) is 0. The summed E-state index contributed by atoms with van der Waals surface area (Å²) in [6.45, 7) is 0. The molecule has 0 radical (unpaired) electrons. The Morgan fingerprint density at radius 1 is 1.54 bits per heavy atom. The van der Waals surface area contributed by atoms with Crippen molar-refractivity contribution in [2.75, 3.05) is 0 Å². The molecule has 0 saturated carbocycles. The fourth-order valence-electron chi connectivity index (χ4n) is 0.966. The second-order valence-electron chi connectivity index (χ2n) is 2.45. The summed E-state index contributed by atoms with van der Waals surface area (Å²) in [6.07, 6.45) is 3.23. The summed E-state index contributed by atoms with van der Waals surface area (Å²) in [5.74, 6) is 0.144. The van der Waals surface area contributed by atoms with E-state index in [1.807, 2.05) is 0 Å². The highest BCUT2D eigenvalue weighted by Gasteiger charge is 2.05. The van der Waals surface area contributed by atoms with E-state index in [1.54, 1.807) is 24.5 Å². The number of primary amides is 1. The van der Waals surface area contributed by atoms with Crippen LogP contribution in [0.4, 0.5) is 0 Å². The number of aromatic amines is 1. The van der Waals surface area contributed by atoms with Gasteiger partial charge in [-0.05, 0) is 6.07 Å². The summed E-state index contributed by atoms with van der Waals surface area (Å²) in [6, 6.07) is 3.28. The van der Waals surface area contributed by atoms with E-state index in [0.717, 1.165) is 0 Å². The predicted octanol–water partition coefficient (Wildman–Crippen LogP) is -0.306. The lowest BCUT2D eigenvalue weighted by Gasteiger charge is -1.93. The van der Waals surface area contributed by atoms with Gasteiger partial charge in [0.2, 0.25) is 0 Å². The third-order valence-corrected chi connectivity index (χ3v) is 1.57. The second kappa shape index (κ2) is 2.74. The van der Waals surface area contributed by atoms with Crippen LogP contribution in [0.1, 0.15) is 10.5 Å². The van der Waals surface area contributed by atoms with Gasteiger partial charge in [0.05, 0.1) is 6.20 Å². The van der Waals surface area contributed by atoms with E-state index >= 15 is 0 Å². The number of nitrogens with zero attached hydrogens (tertiary/aromatic N) is 3. The van der Waals surface area contributed by atoms with Crippen LogP contribution in [0.5, 0.6) is 0 Å². The van der Waals surface area contributed by atoms with Gasteiger partial charge in [-0.25, -0.2) is 4.68 Å². The minimum absolute atomic E-state index is 0.231. The summed E-state index contributed by atoms with van der Waals surface area (Å²) in [4.78, 5) is 10.7. The zero-order valence-electron chi connectivity index (χ0n) is 6.64. The number of carbonyl (C=O) groups is 1. The number of carbonyl (C=O) groups excluding carboxylic acids is 1. The number of H-pyrrole nitrogens is 1. The first kappa shape index (κ1) is 7.53. The Balaban J connectivity index is 2.39. The lowest BCUT2D eigenvalue weighted by molar-refractivity contribution is 0.0995. The molecule has 6 heteroatoms. The fourth-order valence-corrected chi connectivity index (χ4v) is 0.966. The molecule has 0 saturated heterocycles. The number of rotatable bonds is 2. The Morgan fingerprint density at radius 3 is 2.92 bits per heavy atom. The maximum Gasteiger partial charge on any atom is 0.269 e. The molecule has 13 heavy (non-hydrogen) atoms. The normalized spacial score (nSPS) is 10.2. The fraction of sp³-hybridized carbons (Fsp3) is 0. The quantitative estimate of drug-likeness (QED) is 0.659. The van der Waals surface area contributed by atoms with Crippen LogP contribution >= 0.6 is 0 Å².